The van der Waals surface area contributed by atoms with Crippen LogP contribution in [0.2, 0.25) is 0 Å². The molecule has 4 heteroatoms. The molecule has 0 bridgehead atoms. The quantitative estimate of drug-likeness (QED) is 0.502. The third-order valence-corrected chi connectivity index (χ3v) is 7.40. The predicted octanol–water partition coefficient (Wildman–Crippen LogP) is 5.15. The molecule has 1 N–H and O–H groups in total. The first kappa shape index (κ1) is 22.8. The molecule has 176 valence electrons. The molecule has 1 spiro atoms. The summed E-state index contributed by atoms with van der Waals surface area (Å²) in [5.41, 5.74) is 6.03. The van der Waals surface area contributed by atoms with Crippen molar-refractivity contribution in [3.63, 3.8) is 0 Å². The number of amides is 1. The molecule has 4 nitrogen and oxygen atoms in total. The summed E-state index contributed by atoms with van der Waals surface area (Å²) in [6.07, 6.45) is 3.03. The number of hydrogen-bond donors (Lipinski definition) is 1. The first-order valence-electron chi connectivity index (χ1n) is 12.5. The van der Waals surface area contributed by atoms with Crippen LogP contribution in [-0.4, -0.2) is 37.0 Å². The smallest absolute Gasteiger partial charge is 0.232 e. The number of piperidine rings is 1. The molecule has 3 aromatic rings. The third-order valence-electron chi connectivity index (χ3n) is 7.40. The number of carbonyl (C=O) groups excluding carboxylic acids is 1. The Kier molecular flexibility index (Phi) is 6.80. The van der Waals surface area contributed by atoms with Crippen LogP contribution in [0.15, 0.2) is 78.9 Å². The van der Waals surface area contributed by atoms with Gasteiger partial charge in [-0.25, -0.2) is 0 Å². The van der Waals surface area contributed by atoms with E-state index in [9.17, 15) is 4.79 Å². The van der Waals surface area contributed by atoms with Crippen molar-refractivity contribution in [3.05, 3.63) is 107 Å². The molecule has 2 aliphatic rings. The molecule has 3 aromatic carbocycles. The van der Waals surface area contributed by atoms with E-state index in [0.29, 0.717) is 6.54 Å². The van der Waals surface area contributed by atoms with Crippen LogP contribution in [-0.2, 0) is 21.7 Å². The summed E-state index contributed by atoms with van der Waals surface area (Å²) in [5.74, 6) is -0.207. The Labute approximate surface area is 202 Å². The Hall–Kier alpha value is -2.95. The summed E-state index contributed by atoms with van der Waals surface area (Å²) in [5, 5.41) is 3.20. The lowest BCUT2D eigenvalue weighted by molar-refractivity contribution is -0.121. The number of nitrogens with zero attached hydrogens (tertiary/aromatic N) is 1. The standard InChI is InChI=1S/C30H34N2O2/c1-23-13-14-27-26(21-23)22-34-30(27)15-19-32(20-16-30)18-8-17-31-29(33)28(24-9-4-2-5-10-24)25-11-6-3-7-12-25/h2-7,9-14,21,28H,8,15-20,22H2,1H3,(H,31,33). The molecule has 1 fully saturated rings. The average Bonchev–Trinajstić information content (AvgIpc) is 3.21. The summed E-state index contributed by atoms with van der Waals surface area (Å²) in [7, 11) is 0. The molecule has 0 aromatic heterocycles. The molecule has 0 aliphatic carbocycles. The maximum absolute atomic E-state index is 13.2. The monoisotopic (exact) mass is 454 g/mol. The van der Waals surface area contributed by atoms with Crippen LogP contribution in [0, 0.1) is 6.92 Å². The fraction of sp³-hybridized carbons (Fsp3) is 0.367. The Bertz CT molecular complexity index is 1070. The van der Waals surface area contributed by atoms with Crippen molar-refractivity contribution in [1.29, 1.82) is 0 Å². The minimum Gasteiger partial charge on any atom is -0.365 e. The van der Waals surface area contributed by atoms with Crippen LogP contribution in [0.3, 0.4) is 0 Å². The van der Waals surface area contributed by atoms with Crippen LogP contribution in [0.25, 0.3) is 0 Å². The molecule has 0 radical (unpaired) electrons. The minimum atomic E-state index is -0.277. The third kappa shape index (κ3) is 4.79. The van der Waals surface area contributed by atoms with Crippen LogP contribution in [0.1, 0.15) is 53.0 Å². The van der Waals surface area contributed by atoms with Crippen molar-refractivity contribution in [2.45, 2.75) is 44.3 Å². The predicted molar refractivity (Wildman–Crippen MR) is 136 cm³/mol. The van der Waals surface area contributed by atoms with E-state index in [4.69, 9.17) is 4.74 Å². The van der Waals surface area contributed by atoms with Crippen molar-refractivity contribution in [1.82, 2.24) is 10.2 Å². The molecular formula is C30H34N2O2. The lowest BCUT2D eigenvalue weighted by Gasteiger charge is -2.39. The second-order valence-corrected chi connectivity index (χ2v) is 9.68. The van der Waals surface area contributed by atoms with Gasteiger partial charge in [-0.15, -0.1) is 0 Å². The van der Waals surface area contributed by atoms with Gasteiger partial charge in [0.2, 0.25) is 5.91 Å². The van der Waals surface area contributed by atoms with E-state index in [1.165, 1.54) is 16.7 Å². The van der Waals surface area contributed by atoms with Crippen LogP contribution in [0.5, 0.6) is 0 Å². The van der Waals surface area contributed by atoms with Gasteiger partial charge >= 0.3 is 0 Å². The number of likely N-dealkylation sites (tertiary alicyclic amines) is 1. The van der Waals surface area contributed by atoms with E-state index in [-0.39, 0.29) is 17.4 Å². The van der Waals surface area contributed by atoms with E-state index >= 15 is 0 Å². The molecule has 2 heterocycles. The zero-order valence-corrected chi connectivity index (χ0v) is 20.0. The topological polar surface area (TPSA) is 41.6 Å². The number of fused-ring (bicyclic) bond motifs is 2. The number of carbonyl (C=O) groups is 1. The van der Waals surface area contributed by atoms with Gasteiger partial charge in [0.05, 0.1) is 18.1 Å². The lowest BCUT2D eigenvalue weighted by Crippen LogP contribution is -2.43. The molecule has 0 unspecified atom stereocenters. The van der Waals surface area contributed by atoms with E-state index in [0.717, 1.165) is 56.6 Å². The van der Waals surface area contributed by atoms with Crippen molar-refractivity contribution >= 4 is 5.91 Å². The summed E-state index contributed by atoms with van der Waals surface area (Å²) in [4.78, 5) is 15.7. The normalized spacial score (nSPS) is 17.1. The lowest BCUT2D eigenvalue weighted by atomic mass is 9.83. The number of nitrogens with one attached hydrogen (secondary N) is 1. The Morgan fingerprint density at radius 2 is 1.62 bits per heavy atom. The Morgan fingerprint density at radius 3 is 2.26 bits per heavy atom. The summed E-state index contributed by atoms with van der Waals surface area (Å²) in [6.45, 7) is 6.66. The zero-order chi connectivity index (χ0) is 23.4. The highest BCUT2D eigenvalue weighted by Gasteiger charge is 2.42. The van der Waals surface area contributed by atoms with E-state index in [1.54, 1.807) is 0 Å². The summed E-state index contributed by atoms with van der Waals surface area (Å²) in [6, 6.07) is 26.9. The Balaban J connectivity index is 1.12. The summed E-state index contributed by atoms with van der Waals surface area (Å²) < 4.78 is 6.34. The highest BCUT2D eigenvalue weighted by atomic mass is 16.5. The van der Waals surface area contributed by atoms with Gasteiger partial charge in [0.25, 0.3) is 0 Å². The number of aryl methyl sites for hydroxylation is 1. The van der Waals surface area contributed by atoms with Gasteiger partial charge in [-0.05, 0) is 55.0 Å². The molecule has 1 saturated heterocycles. The molecule has 1 amide bonds. The SMILES string of the molecule is Cc1ccc2c(c1)COC21CCN(CCCNC(=O)C(c2ccccc2)c2ccccc2)CC1. The minimum absolute atomic E-state index is 0.0706. The first-order chi connectivity index (χ1) is 16.6. The number of ether oxygens (including phenoxy) is 1. The van der Waals surface area contributed by atoms with Crippen LogP contribution >= 0.6 is 0 Å². The van der Waals surface area contributed by atoms with Gasteiger partial charge < -0.3 is 15.0 Å². The van der Waals surface area contributed by atoms with Gasteiger partial charge in [0, 0.05) is 19.6 Å². The van der Waals surface area contributed by atoms with E-state index < -0.39 is 0 Å². The largest absolute Gasteiger partial charge is 0.365 e. The fourth-order valence-electron chi connectivity index (χ4n) is 5.53. The van der Waals surface area contributed by atoms with Gasteiger partial charge in [-0.3, -0.25) is 4.79 Å². The van der Waals surface area contributed by atoms with Crippen molar-refractivity contribution in [2.75, 3.05) is 26.2 Å². The van der Waals surface area contributed by atoms with Gasteiger partial charge in [-0.2, -0.15) is 0 Å². The van der Waals surface area contributed by atoms with Gasteiger partial charge in [0.15, 0.2) is 0 Å². The highest BCUT2D eigenvalue weighted by molar-refractivity contribution is 5.87. The van der Waals surface area contributed by atoms with Crippen molar-refractivity contribution in [2.24, 2.45) is 0 Å². The average molecular weight is 455 g/mol. The first-order valence-corrected chi connectivity index (χ1v) is 12.5. The fourth-order valence-corrected chi connectivity index (χ4v) is 5.53. The molecule has 2 aliphatic heterocycles. The number of benzene rings is 3. The Morgan fingerprint density at radius 1 is 0.971 bits per heavy atom. The second-order valence-electron chi connectivity index (χ2n) is 9.68. The number of hydrogen-bond acceptors (Lipinski definition) is 3. The second kappa shape index (κ2) is 10.1. The maximum Gasteiger partial charge on any atom is 0.232 e. The van der Waals surface area contributed by atoms with Gasteiger partial charge in [-0.1, -0.05) is 84.4 Å². The van der Waals surface area contributed by atoms with E-state index in [2.05, 4.69) is 35.3 Å². The highest BCUT2D eigenvalue weighted by Crippen LogP contribution is 2.44. The maximum atomic E-state index is 13.2. The molecule has 34 heavy (non-hydrogen) atoms. The van der Waals surface area contributed by atoms with Crippen LogP contribution in [0.4, 0.5) is 0 Å². The summed E-state index contributed by atoms with van der Waals surface area (Å²) >= 11 is 0. The molecule has 5 rings (SSSR count). The van der Waals surface area contributed by atoms with Gasteiger partial charge in [0.1, 0.15) is 0 Å². The van der Waals surface area contributed by atoms with Crippen LogP contribution < -0.4 is 5.32 Å². The molecule has 0 atom stereocenters. The zero-order valence-electron chi connectivity index (χ0n) is 20.0. The van der Waals surface area contributed by atoms with E-state index in [1.807, 2.05) is 60.7 Å². The molecular weight excluding hydrogens is 420 g/mol. The number of rotatable bonds is 7. The van der Waals surface area contributed by atoms with Crippen molar-refractivity contribution < 1.29 is 9.53 Å². The van der Waals surface area contributed by atoms with Crippen molar-refractivity contribution in [3.8, 4) is 0 Å². The molecule has 0 saturated carbocycles.